The van der Waals surface area contributed by atoms with E-state index in [-0.39, 0.29) is 23.6 Å². The van der Waals surface area contributed by atoms with Gasteiger partial charge in [-0.3, -0.25) is 4.79 Å². The number of nitrogens with two attached hydrogens (primary N) is 1. The molecule has 0 saturated heterocycles. The lowest BCUT2D eigenvalue weighted by Gasteiger charge is -2.18. The van der Waals surface area contributed by atoms with Gasteiger partial charge in [0, 0.05) is 29.6 Å². The minimum atomic E-state index is -0.434. The highest BCUT2D eigenvalue weighted by molar-refractivity contribution is 7.99. The van der Waals surface area contributed by atoms with Crippen LogP contribution in [0.4, 0.5) is 4.39 Å². The smallest absolute Gasteiger partial charge is 0.233 e. The molecule has 0 aliphatic carbocycles. The van der Waals surface area contributed by atoms with Gasteiger partial charge in [0.15, 0.2) is 5.82 Å². The lowest BCUT2D eigenvalue weighted by atomic mass is 9.96. The summed E-state index contributed by atoms with van der Waals surface area (Å²) in [7, 11) is 1.60. The van der Waals surface area contributed by atoms with Crippen molar-refractivity contribution in [2.24, 2.45) is 0 Å². The molecule has 2 aromatic rings. The largest absolute Gasteiger partial charge is 0.341 e. The van der Waals surface area contributed by atoms with Gasteiger partial charge in [-0.15, -0.1) is 10.2 Å². The fraction of sp³-hybridized carbons (Fsp3) is 0.438. The Balaban J connectivity index is 2.00. The van der Waals surface area contributed by atoms with Crippen LogP contribution >= 0.6 is 23.4 Å². The Morgan fingerprint density at radius 2 is 2.08 bits per heavy atom. The molecule has 0 spiro atoms. The van der Waals surface area contributed by atoms with E-state index in [1.54, 1.807) is 13.1 Å². The number of thioether (sulfide) groups is 1. The van der Waals surface area contributed by atoms with E-state index in [2.05, 4.69) is 10.2 Å². The van der Waals surface area contributed by atoms with Crippen molar-refractivity contribution in [3.8, 4) is 0 Å². The Bertz CT molecular complexity index is 754. The van der Waals surface area contributed by atoms with E-state index >= 15 is 0 Å². The molecule has 0 fully saturated rings. The maximum atomic E-state index is 13.8. The number of carbonyl (C=O) groups excluding carboxylic acids is 1. The number of carbonyl (C=O) groups is 1. The second kappa shape index (κ2) is 7.61. The molecule has 0 bridgehead atoms. The summed E-state index contributed by atoms with van der Waals surface area (Å²) in [6, 6.07) is 4.44. The molecule has 0 unspecified atom stereocenters. The molecule has 0 atom stereocenters. The third kappa shape index (κ3) is 4.64. The molecule has 25 heavy (non-hydrogen) atoms. The molecule has 6 nitrogen and oxygen atoms in total. The van der Waals surface area contributed by atoms with Crippen LogP contribution in [0.25, 0.3) is 0 Å². The summed E-state index contributed by atoms with van der Waals surface area (Å²) in [5.41, 5.74) is 0.0465. The highest BCUT2D eigenvalue weighted by atomic mass is 35.5. The molecule has 0 aliphatic rings. The second-order valence-corrected chi connectivity index (χ2v) is 8.01. The number of rotatable bonds is 5. The molecule has 2 rings (SSSR count). The van der Waals surface area contributed by atoms with Crippen LogP contribution in [0.1, 0.15) is 32.2 Å². The molecule has 2 N–H and O–H groups in total. The van der Waals surface area contributed by atoms with Crippen LogP contribution in [-0.2, 0) is 16.8 Å². The third-order valence-corrected chi connectivity index (χ3v) is 4.82. The first kappa shape index (κ1) is 19.5. The maximum absolute atomic E-state index is 13.8. The SMILES string of the molecule is CN(Cc1c(F)cccc1Cl)C(=O)CSc1nnc(C(C)(C)C)n1N. The van der Waals surface area contributed by atoms with Crippen LogP contribution in [0, 0.1) is 5.82 Å². The van der Waals surface area contributed by atoms with Gasteiger partial charge in [-0.1, -0.05) is 50.2 Å². The van der Waals surface area contributed by atoms with Crippen molar-refractivity contribution >= 4 is 29.3 Å². The zero-order chi connectivity index (χ0) is 18.8. The molecule has 136 valence electrons. The van der Waals surface area contributed by atoms with E-state index in [1.165, 1.54) is 33.5 Å². The normalized spacial score (nSPS) is 11.6. The first-order valence-corrected chi connectivity index (χ1v) is 8.98. The van der Waals surface area contributed by atoms with Crippen molar-refractivity contribution in [3.63, 3.8) is 0 Å². The van der Waals surface area contributed by atoms with Crippen molar-refractivity contribution in [2.45, 2.75) is 37.9 Å². The number of nitrogen functional groups attached to an aromatic ring is 1. The van der Waals surface area contributed by atoms with Gasteiger partial charge < -0.3 is 10.7 Å². The molecule has 0 aliphatic heterocycles. The van der Waals surface area contributed by atoms with Crippen LogP contribution < -0.4 is 5.84 Å². The van der Waals surface area contributed by atoms with E-state index < -0.39 is 5.82 Å². The van der Waals surface area contributed by atoms with Gasteiger partial charge in [0.2, 0.25) is 11.1 Å². The number of hydrogen-bond acceptors (Lipinski definition) is 5. The molecular weight excluding hydrogens is 365 g/mol. The lowest BCUT2D eigenvalue weighted by molar-refractivity contribution is -0.127. The van der Waals surface area contributed by atoms with Crippen LogP contribution in [0.15, 0.2) is 23.4 Å². The Hall–Kier alpha value is -1.80. The Morgan fingerprint density at radius 1 is 1.40 bits per heavy atom. The summed E-state index contributed by atoms with van der Waals surface area (Å²) in [6.45, 7) is 6.02. The fourth-order valence-electron chi connectivity index (χ4n) is 2.13. The van der Waals surface area contributed by atoms with Crippen LogP contribution in [0.5, 0.6) is 0 Å². The van der Waals surface area contributed by atoms with Crippen molar-refractivity contribution in [2.75, 3.05) is 18.6 Å². The highest BCUT2D eigenvalue weighted by Crippen LogP contribution is 2.24. The number of hydrogen-bond donors (Lipinski definition) is 1. The van der Waals surface area contributed by atoms with Gasteiger partial charge >= 0.3 is 0 Å². The topological polar surface area (TPSA) is 77.0 Å². The first-order chi connectivity index (χ1) is 11.6. The maximum Gasteiger partial charge on any atom is 0.233 e. The average Bonchev–Trinajstić information content (AvgIpc) is 2.89. The summed E-state index contributed by atoms with van der Waals surface area (Å²) >= 11 is 7.18. The highest BCUT2D eigenvalue weighted by Gasteiger charge is 2.23. The van der Waals surface area contributed by atoms with Crippen molar-refractivity contribution < 1.29 is 9.18 Å². The predicted molar refractivity (Wildman–Crippen MR) is 97.5 cm³/mol. The number of halogens is 2. The number of benzene rings is 1. The van der Waals surface area contributed by atoms with Crippen molar-refractivity contribution in [1.29, 1.82) is 0 Å². The zero-order valence-electron chi connectivity index (χ0n) is 14.6. The molecule has 1 amide bonds. The standard InChI is InChI=1S/C16H21ClFN5OS/c1-16(2,3)14-20-21-15(23(14)19)25-9-13(24)22(4)8-10-11(17)6-5-7-12(10)18/h5-7H,8-9,19H2,1-4H3. The molecule has 0 saturated carbocycles. The van der Waals surface area contributed by atoms with Gasteiger partial charge in [-0.25, -0.2) is 9.07 Å². The first-order valence-electron chi connectivity index (χ1n) is 7.62. The number of amides is 1. The molecule has 1 heterocycles. The summed E-state index contributed by atoms with van der Waals surface area (Å²) in [6.07, 6.45) is 0. The summed E-state index contributed by atoms with van der Waals surface area (Å²) in [5, 5.41) is 8.85. The van der Waals surface area contributed by atoms with E-state index in [0.29, 0.717) is 21.6 Å². The molecule has 1 aromatic carbocycles. The van der Waals surface area contributed by atoms with E-state index in [0.717, 1.165) is 0 Å². The number of nitrogens with zero attached hydrogens (tertiary/aromatic N) is 4. The van der Waals surface area contributed by atoms with Gasteiger partial charge in [0.05, 0.1) is 5.75 Å². The van der Waals surface area contributed by atoms with Gasteiger partial charge in [-0.05, 0) is 12.1 Å². The van der Waals surface area contributed by atoms with E-state index in [4.69, 9.17) is 17.4 Å². The minimum absolute atomic E-state index is 0.0907. The molecule has 1 aromatic heterocycles. The number of aromatic nitrogens is 3. The fourth-order valence-corrected chi connectivity index (χ4v) is 3.15. The van der Waals surface area contributed by atoms with Crippen LogP contribution in [-0.4, -0.2) is 38.5 Å². The average molecular weight is 386 g/mol. The van der Waals surface area contributed by atoms with Gasteiger partial charge in [0.25, 0.3) is 0 Å². The van der Waals surface area contributed by atoms with Gasteiger partial charge in [-0.2, -0.15) is 0 Å². The van der Waals surface area contributed by atoms with E-state index in [1.807, 2.05) is 20.8 Å². The third-order valence-electron chi connectivity index (χ3n) is 3.54. The second-order valence-electron chi connectivity index (χ2n) is 6.66. The predicted octanol–water partition coefficient (Wildman–Crippen LogP) is 2.83. The van der Waals surface area contributed by atoms with Crippen LogP contribution in [0.2, 0.25) is 5.02 Å². The molecular formula is C16H21ClFN5OS. The summed E-state index contributed by atoms with van der Waals surface area (Å²) < 4.78 is 15.2. The monoisotopic (exact) mass is 385 g/mol. The Labute approximate surface area is 155 Å². The van der Waals surface area contributed by atoms with Crippen molar-refractivity contribution in [1.82, 2.24) is 19.8 Å². The summed E-state index contributed by atoms with van der Waals surface area (Å²) in [4.78, 5) is 13.7. The van der Waals surface area contributed by atoms with Crippen molar-refractivity contribution in [3.05, 3.63) is 40.4 Å². The minimum Gasteiger partial charge on any atom is -0.341 e. The zero-order valence-corrected chi connectivity index (χ0v) is 16.2. The molecule has 0 radical (unpaired) electrons. The lowest BCUT2D eigenvalue weighted by Crippen LogP contribution is -2.29. The van der Waals surface area contributed by atoms with Gasteiger partial charge in [0.1, 0.15) is 5.82 Å². The summed E-state index contributed by atoms with van der Waals surface area (Å²) in [5.74, 6) is 6.12. The Kier molecular flexibility index (Phi) is 5.95. The Morgan fingerprint density at radius 3 is 2.64 bits per heavy atom. The quantitative estimate of drug-likeness (QED) is 0.632. The van der Waals surface area contributed by atoms with Crippen LogP contribution in [0.3, 0.4) is 0 Å². The molecule has 9 heteroatoms. The van der Waals surface area contributed by atoms with E-state index in [9.17, 15) is 9.18 Å².